The summed E-state index contributed by atoms with van der Waals surface area (Å²) in [5.41, 5.74) is 10.7. The highest BCUT2D eigenvalue weighted by Gasteiger charge is 2.45. The number of rotatable bonds is 12. The van der Waals surface area contributed by atoms with E-state index in [0.29, 0.717) is 0 Å². The Morgan fingerprint density at radius 1 is 0.429 bits per heavy atom. The SMILES string of the molecule is Cc1ccc(C(C=[SiH2])(OC(C=[SiH2])(c2ccccc2)c2ccc(C)c(Oc3ccccc3)c2C)c2ccccc2)c(C)c1Oc1ccccc1. The molecule has 0 aliphatic carbocycles. The predicted molar refractivity (Wildman–Crippen MR) is 210 cm³/mol. The van der Waals surface area contributed by atoms with Gasteiger partial charge in [0.15, 0.2) is 0 Å². The van der Waals surface area contributed by atoms with Crippen LogP contribution in [0.1, 0.15) is 44.5 Å². The van der Waals surface area contributed by atoms with Crippen molar-refractivity contribution in [3.05, 3.63) is 190 Å². The van der Waals surface area contributed by atoms with Crippen LogP contribution in [0.5, 0.6) is 23.0 Å². The van der Waals surface area contributed by atoms with E-state index in [9.17, 15) is 0 Å². The van der Waals surface area contributed by atoms with E-state index in [-0.39, 0.29) is 0 Å². The minimum absolute atomic E-state index is 0.794. The van der Waals surface area contributed by atoms with Crippen LogP contribution in [0.2, 0.25) is 0 Å². The summed E-state index contributed by atoms with van der Waals surface area (Å²) >= 11 is 0. The van der Waals surface area contributed by atoms with Crippen LogP contribution in [0.25, 0.3) is 0 Å². The lowest BCUT2D eigenvalue weighted by atomic mass is 9.79. The maximum atomic E-state index is 7.91. The molecular formula is C44H42O3Si2. The topological polar surface area (TPSA) is 27.7 Å². The fourth-order valence-electron chi connectivity index (χ4n) is 6.69. The first-order valence-corrected chi connectivity index (χ1v) is 18.2. The quantitative estimate of drug-likeness (QED) is 0.122. The van der Waals surface area contributed by atoms with Crippen molar-refractivity contribution in [1.82, 2.24) is 0 Å². The molecule has 5 heteroatoms. The summed E-state index contributed by atoms with van der Waals surface area (Å²) in [7, 11) is 3.64. The van der Waals surface area contributed by atoms with Gasteiger partial charge in [0.2, 0.25) is 0 Å². The van der Waals surface area contributed by atoms with E-state index < -0.39 is 11.2 Å². The maximum absolute atomic E-state index is 7.91. The Morgan fingerprint density at radius 3 is 1.08 bits per heavy atom. The molecule has 0 radical (unpaired) electrons. The Labute approximate surface area is 296 Å². The van der Waals surface area contributed by atoms with E-state index in [4.69, 9.17) is 14.2 Å². The third kappa shape index (κ3) is 6.57. The van der Waals surface area contributed by atoms with Crippen molar-refractivity contribution < 1.29 is 14.2 Å². The van der Waals surface area contributed by atoms with Crippen LogP contribution in [0.4, 0.5) is 0 Å². The number of hydrogen-bond donors (Lipinski definition) is 0. The van der Waals surface area contributed by atoms with Gasteiger partial charge in [-0.05, 0) is 116 Å². The van der Waals surface area contributed by atoms with Crippen molar-refractivity contribution in [2.45, 2.75) is 38.9 Å². The van der Waals surface area contributed by atoms with Crippen molar-refractivity contribution in [3.63, 3.8) is 0 Å². The van der Waals surface area contributed by atoms with Gasteiger partial charge in [-0.2, -0.15) is 0 Å². The molecule has 0 saturated carbocycles. The normalized spacial score (nSPS) is 13.5. The van der Waals surface area contributed by atoms with Gasteiger partial charge in [0.1, 0.15) is 34.2 Å². The largest absolute Gasteiger partial charge is 0.457 e. The van der Waals surface area contributed by atoms with Gasteiger partial charge in [-0.15, -0.1) is 0 Å². The third-order valence-corrected chi connectivity index (χ3v) is 10.4. The van der Waals surface area contributed by atoms with E-state index >= 15 is 0 Å². The molecule has 0 amide bonds. The van der Waals surface area contributed by atoms with Gasteiger partial charge in [0, 0.05) is 0 Å². The predicted octanol–water partition coefficient (Wildman–Crippen LogP) is 8.58. The lowest BCUT2D eigenvalue weighted by molar-refractivity contribution is -0.0407. The molecule has 6 rings (SSSR count). The average molecular weight is 675 g/mol. The summed E-state index contributed by atoms with van der Waals surface area (Å²) in [5, 5.41) is 0. The van der Waals surface area contributed by atoms with Crippen molar-refractivity contribution >= 4 is 31.1 Å². The molecule has 0 heterocycles. The van der Waals surface area contributed by atoms with E-state index in [1.807, 2.05) is 92.5 Å². The molecule has 6 aromatic carbocycles. The zero-order valence-corrected chi connectivity index (χ0v) is 31.5. The zero-order chi connectivity index (χ0) is 34.4. The van der Waals surface area contributed by atoms with Gasteiger partial charge in [0.25, 0.3) is 0 Å². The van der Waals surface area contributed by atoms with Crippen LogP contribution in [-0.4, -0.2) is 31.1 Å². The number of para-hydroxylation sites is 2. The first-order chi connectivity index (χ1) is 23.8. The number of hydrogen-bond acceptors (Lipinski definition) is 3. The Kier molecular flexibility index (Phi) is 10.2. The standard InChI is InChI=1S/C44H42O3Si2/c1-31-25-27-39(33(3)41(31)45-37-21-13-7-14-22-37)43(29-48,35-17-9-5-10-18-35)47-44(30-49,36-19-11-6-12-20-36)40-28-26-32(2)42(34(40)4)46-38-23-15-8-16-24-38/h5-30H,48-49H2,1-4H3. The molecule has 6 aromatic rings. The van der Waals surface area contributed by atoms with E-state index in [1.54, 1.807) is 0 Å². The van der Waals surface area contributed by atoms with Crippen molar-refractivity contribution in [2.24, 2.45) is 0 Å². The first-order valence-electron chi connectivity index (χ1n) is 16.6. The van der Waals surface area contributed by atoms with E-state index in [0.717, 1.165) is 67.5 Å². The Hall–Kier alpha value is -4.95. The molecular weight excluding hydrogens is 633 g/mol. The minimum Gasteiger partial charge on any atom is -0.457 e. The molecule has 0 aliphatic rings. The third-order valence-electron chi connectivity index (χ3n) is 9.23. The lowest BCUT2D eigenvalue weighted by Gasteiger charge is -2.44. The van der Waals surface area contributed by atoms with Crippen LogP contribution >= 0.6 is 0 Å². The average Bonchev–Trinajstić information content (AvgIpc) is 3.15. The van der Waals surface area contributed by atoms with Gasteiger partial charge in [-0.1, -0.05) is 133 Å². The molecule has 244 valence electrons. The monoisotopic (exact) mass is 674 g/mol. The summed E-state index contributed by atoms with van der Waals surface area (Å²) in [4.78, 5) is 0. The first kappa shape index (κ1) is 33.9. The summed E-state index contributed by atoms with van der Waals surface area (Å²) in [6.45, 7) is 8.46. The second-order valence-electron chi connectivity index (χ2n) is 12.3. The Morgan fingerprint density at radius 2 is 0.755 bits per heavy atom. The Bertz CT molecular complexity index is 1910. The van der Waals surface area contributed by atoms with Gasteiger partial charge in [0.05, 0.1) is 0 Å². The van der Waals surface area contributed by atoms with Crippen molar-refractivity contribution in [2.75, 3.05) is 0 Å². The molecule has 0 aliphatic heterocycles. The molecule has 0 bridgehead atoms. The summed E-state index contributed by atoms with van der Waals surface area (Å²) in [5.74, 6) is 3.25. The number of benzene rings is 6. The van der Waals surface area contributed by atoms with E-state index in [1.165, 1.54) is 0 Å². The minimum atomic E-state index is -0.975. The van der Waals surface area contributed by atoms with Crippen LogP contribution in [0, 0.1) is 27.7 Å². The maximum Gasteiger partial charge on any atom is 0.135 e. The van der Waals surface area contributed by atoms with Gasteiger partial charge in [-0.25, -0.2) is 0 Å². The highest BCUT2D eigenvalue weighted by molar-refractivity contribution is 6.32. The van der Waals surface area contributed by atoms with Gasteiger partial charge in [-0.3, -0.25) is 0 Å². The molecule has 2 atom stereocenters. The molecule has 3 nitrogen and oxygen atoms in total. The molecule has 0 aromatic heterocycles. The zero-order valence-electron chi connectivity index (χ0n) is 28.7. The summed E-state index contributed by atoms with van der Waals surface area (Å²) < 4.78 is 21.1. The van der Waals surface area contributed by atoms with Crippen LogP contribution < -0.4 is 9.47 Å². The lowest BCUT2D eigenvalue weighted by Crippen LogP contribution is -2.46. The highest BCUT2D eigenvalue weighted by atomic mass is 28.1. The smallest absolute Gasteiger partial charge is 0.135 e. The molecule has 0 saturated heterocycles. The van der Waals surface area contributed by atoms with E-state index in [2.05, 4.69) is 112 Å². The van der Waals surface area contributed by atoms with Crippen LogP contribution in [0.3, 0.4) is 0 Å². The second-order valence-corrected chi connectivity index (χ2v) is 13.1. The van der Waals surface area contributed by atoms with Gasteiger partial charge < -0.3 is 14.2 Å². The Balaban J connectivity index is 1.61. The summed E-state index contributed by atoms with van der Waals surface area (Å²) in [6, 6.07) is 49.6. The van der Waals surface area contributed by atoms with Crippen molar-refractivity contribution in [1.29, 1.82) is 0 Å². The number of aryl methyl sites for hydroxylation is 2. The number of ether oxygens (including phenoxy) is 3. The van der Waals surface area contributed by atoms with Crippen molar-refractivity contribution in [3.8, 4) is 23.0 Å². The molecule has 0 spiro atoms. The molecule has 49 heavy (non-hydrogen) atoms. The summed E-state index contributed by atoms with van der Waals surface area (Å²) in [6.07, 6.45) is 0. The highest BCUT2D eigenvalue weighted by Crippen LogP contribution is 2.48. The molecule has 0 fully saturated rings. The fraction of sp³-hybridized carbons (Fsp3) is 0.136. The van der Waals surface area contributed by atoms with Crippen LogP contribution in [-0.2, 0) is 15.9 Å². The second kappa shape index (κ2) is 14.7. The molecule has 2 unspecified atom stereocenters. The fourth-order valence-corrected chi connectivity index (χ4v) is 7.77. The van der Waals surface area contributed by atoms with Gasteiger partial charge >= 0.3 is 0 Å². The van der Waals surface area contributed by atoms with Crippen LogP contribution in [0.15, 0.2) is 146 Å². The molecule has 0 N–H and O–H groups in total.